The Labute approximate surface area is 192 Å². The molecule has 4 heterocycles. The van der Waals surface area contributed by atoms with Crippen molar-refractivity contribution in [2.24, 2.45) is 5.92 Å². The Morgan fingerprint density at radius 1 is 1.10 bits per heavy atom. The summed E-state index contributed by atoms with van der Waals surface area (Å²) in [5.41, 5.74) is 4.74. The zero-order chi connectivity index (χ0) is 21.6. The highest BCUT2D eigenvalue weighted by Crippen LogP contribution is 2.44. The van der Waals surface area contributed by atoms with Gasteiger partial charge >= 0.3 is 0 Å². The average molecular weight is 462 g/mol. The third-order valence-corrected chi connectivity index (χ3v) is 8.30. The lowest BCUT2D eigenvalue weighted by Gasteiger charge is -2.33. The van der Waals surface area contributed by atoms with E-state index in [4.69, 9.17) is 19.7 Å². The molecule has 0 aromatic carbocycles. The van der Waals surface area contributed by atoms with Crippen molar-refractivity contribution in [3.05, 3.63) is 16.8 Å². The molecule has 0 aliphatic carbocycles. The lowest BCUT2D eigenvalue weighted by Crippen LogP contribution is -2.32. The van der Waals surface area contributed by atoms with Crippen LogP contribution in [0.15, 0.2) is 10.2 Å². The summed E-state index contributed by atoms with van der Waals surface area (Å²) in [5.74, 6) is 2.14. The molecule has 4 nitrogen and oxygen atoms in total. The molecule has 1 aliphatic heterocycles. The smallest absolute Gasteiger partial charge is 0.189 e. The van der Waals surface area contributed by atoms with Crippen LogP contribution in [0.25, 0.3) is 20.4 Å². The van der Waals surface area contributed by atoms with Crippen molar-refractivity contribution in [3.8, 4) is 0 Å². The number of aromatic nitrogens is 3. The molecule has 0 amide bonds. The second-order valence-corrected chi connectivity index (χ2v) is 12.2. The molecule has 0 fully saturated rings. The van der Waals surface area contributed by atoms with Crippen LogP contribution in [-0.4, -0.2) is 32.6 Å². The minimum absolute atomic E-state index is 0.173. The Hall–Kier alpha value is -0.890. The highest BCUT2D eigenvalue weighted by atomic mass is 32.2. The Bertz CT molecular complexity index is 1090. The van der Waals surface area contributed by atoms with Gasteiger partial charge in [0.1, 0.15) is 9.86 Å². The molecule has 0 saturated carbocycles. The minimum Gasteiger partial charge on any atom is -0.370 e. The van der Waals surface area contributed by atoms with E-state index in [0.717, 1.165) is 32.7 Å². The number of rotatable bonds is 6. The van der Waals surface area contributed by atoms with Gasteiger partial charge in [-0.15, -0.1) is 23.1 Å². The SMILES string of the molecule is CSc1nc(SCCC(C)C)c2sc3nc(C(C)C)c4c(c3c2n1)CC(C)(C)OC4. The molecule has 4 rings (SSSR count). The Balaban J connectivity index is 1.97. The van der Waals surface area contributed by atoms with Crippen molar-refractivity contribution in [3.63, 3.8) is 0 Å². The van der Waals surface area contributed by atoms with Crippen LogP contribution in [0, 0.1) is 5.92 Å². The molecule has 0 radical (unpaired) electrons. The minimum atomic E-state index is -0.173. The van der Waals surface area contributed by atoms with Crippen LogP contribution in [0.1, 0.15) is 70.7 Å². The average Bonchev–Trinajstić information content (AvgIpc) is 3.04. The molecule has 0 spiro atoms. The first-order valence-corrected chi connectivity index (χ1v) is 13.7. The Kier molecular flexibility index (Phi) is 6.37. The van der Waals surface area contributed by atoms with Gasteiger partial charge in [-0.3, -0.25) is 0 Å². The molecule has 3 aromatic heterocycles. The molecule has 162 valence electrons. The van der Waals surface area contributed by atoms with Crippen molar-refractivity contribution in [2.75, 3.05) is 12.0 Å². The largest absolute Gasteiger partial charge is 0.370 e. The Morgan fingerprint density at radius 2 is 1.87 bits per heavy atom. The van der Waals surface area contributed by atoms with Crippen LogP contribution in [0.4, 0.5) is 0 Å². The van der Waals surface area contributed by atoms with Gasteiger partial charge in [0, 0.05) is 17.4 Å². The molecule has 30 heavy (non-hydrogen) atoms. The first kappa shape index (κ1) is 22.3. The normalized spacial score (nSPS) is 16.2. The molecule has 7 heteroatoms. The zero-order valence-corrected chi connectivity index (χ0v) is 21.4. The molecule has 3 aromatic rings. The predicted octanol–water partition coefficient (Wildman–Crippen LogP) is 7.07. The van der Waals surface area contributed by atoms with Gasteiger partial charge in [-0.25, -0.2) is 15.0 Å². The van der Waals surface area contributed by atoms with Crippen molar-refractivity contribution < 1.29 is 4.74 Å². The molecule has 0 N–H and O–H groups in total. The van der Waals surface area contributed by atoms with E-state index < -0.39 is 0 Å². The fourth-order valence-corrected chi connectivity index (χ4v) is 6.83. The summed E-state index contributed by atoms with van der Waals surface area (Å²) in [6.07, 6.45) is 4.13. The Morgan fingerprint density at radius 3 is 2.53 bits per heavy atom. The number of fused-ring (bicyclic) bond motifs is 5. The monoisotopic (exact) mass is 461 g/mol. The first-order chi connectivity index (χ1) is 14.2. The van der Waals surface area contributed by atoms with E-state index in [9.17, 15) is 0 Å². The highest BCUT2D eigenvalue weighted by Gasteiger charge is 2.32. The summed E-state index contributed by atoms with van der Waals surface area (Å²) >= 11 is 5.25. The van der Waals surface area contributed by atoms with Crippen LogP contribution >= 0.6 is 34.9 Å². The lowest BCUT2D eigenvalue weighted by atomic mass is 9.87. The molecule has 0 saturated heterocycles. The molecule has 0 bridgehead atoms. The summed E-state index contributed by atoms with van der Waals surface area (Å²) in [4.78, 5) is 16.1. The van der Waals surface area contributed by atoms with Gasteiger partial charge in [0.05, 0.1) is 28.1 Å². The third-order valence-electron chi connectivity index (χ3n) is 5.53. The highest BCUT2D eigenvalue weighted by molar-refractivity contribution is 7.99. The number of hydrogen-bond acceptors (Lipinski definition) is 7. The van der Waals surface area contributed by atoms with E-state index in [2.05, 4.69) is 47.8 Å². The summed E-state index contributed by atoms with van der Waals surface area (Å²) < 4.78 is 7.38. The van der Waals surface area contributed by atoms with Crippen LogP contribution in [-0.2, 0) is 17.8 Å². The first-order valence-electron chi connectivity index (χ1n) is 10.7. The van der Waals surface area contributed by atoms with Gasteiger partial charge in [0.15, 0.2) is 5.16 Å². The topological polar surface area (TPSA) is 47.9 Å². The maximum atomic E-state index is 6.19. The van der Waals surface area contributed by atoms with E-state index in [0.29, 0.717) is 18.4 Å². The van der Waals surface area contributed by atoms with Crippen molar-refractivity contribution >= 4 is 55.3 Å². The quantitative estimate of drug-likeness (QED) is 0.222. The van der Waals surface area contributed by atoms with E-state index in [-0.39, 0.29) is 5.60 Å². The van der Waals surface area contributed by atoms with Crippen molar-refractivity contribution in [1.29, 1.82) is 0 Å². The summed E-state index contributed by atoms with van der Waals surface area (Å²) in [6.45, 7) is 14.0. The third kappa shape index (κ3) is 4.23. The summed E-state index contributed by atoms with van der Waals surface area (Å²) in [5, 5.41) is 3.19. The molecular weight excluding hydrogens is 430 g/mol. The number of hydrogen-bond donors (Lipinski definition) is 0. The van der Waals surface area contributed by atoms with Gasteiger partial charge in [-0.1, -0.05) is 39.5 Å². The number of thiophene rings is 1. The summed E-state index contributed by atoms with van der Waals surface area (Å²) in [7, 11) is 0. The second-order valence-electron chi connectivity index (χ2n) is 9.34. The lowest BCUT2D eigenvalue weighted by molar-refractivity contribution is -0.0402. The standard InChI is InChI=1S/C23H31N3OS3/c1-12(2)8-9-29-21-19-18(25-22(26-21)28-7)16-14-10-23(5,6)27-11-15(14)17(13(3)4)24-20(16)30-19/h12-13H,8-11H2,1-7H3. The van der Waals surface area contributed by atoms with Crippen molar-refractivity contribution in [2.45, 2.75) is 82.7 Å². The molecule has 0 unspecified atom stereocenters. The zero-order valence-electron chi connectivity index (χ0n) is 19.0. The fourth-order valence-electron chi connectivity index (χ4n) is 3.91. The number of thioether (sulfide) groups is 2. The van der Waals surface area contributed by atoms with Crippen LogP contribution in [0.2, 0.25) is 0 Å². The van der Waals surface area contributed by atoms with Crippen molar-refractivity contribution in [1.82, 2.24) is 15.0 Å². The van der Waals surface area contributed by atoms with Gasteiger partial charge in [0.2, 0.25) is 0 Å². The van der Waals surface area contributed by atoms with E-state index >= 15 is 0 Å². The second kappa shape index (κ2) is 8.57. The van der Waals surface area contributed by atoms with E-state index in [1.165, 1.54) is 33.3 Å². The van der Waals surface area contributed by atoms with Crippen LogP contribution < -0.4 is 0 Å². The maximum Gasteiger partial charge on any atom is 0.189 e. The maximum absolute atomic E-state index is 6.19. The molecule has 1 aliphatic rings. The van der Waals surface area contributed by atoms with Gasteiger partial charge in [0.25, 0.3) is 0 Å². The van der Waals surface area contributed by atoms with E-state index in [1.807, 2.05) is 11.8 Å². The summed E-state index contributed by atoms with van der Waals surface area (Å²) in [6, 6.07) is 0. The number of nitrogens with zero attached hydrogens (tertiary/aromatic N) is 3. The van der Waals surface area contributed by atoms with Gasteiger partial charge < -0.3 is 4.74 Å². The van der Waals surface area contributed by atoms with Gasteiger partial charge in [-0.05, 0) is 49.7 Å². The predicted molar refractivity (Wildman–Crippen MR) is 131 cm³/mol. The number of ether oxygens (including phenoxy) is 1. The van der Waals surface area contributed by atoms with E-state index in [1.54, 1.807) is 23.1 Å². The fraction of sp³-hybridized carbons (Fsp3) is 0.609. The number of pyridine rings is 1. The van der Waals surface area contributed by atoms with Crippen LogP contribution in [0.3, 0.4) is 0 Å². The molecular formula is C23H31N3OS3. The van der Waals surface area contributed by atoms with Crippen LogP contribution in [0.5, 0.6) is 0 Å². The molecule has 0 atom stereocenters. The van der Waals surface area contributed by atoms with Gasteiger partial charge in [-0.2, -0.15) is 0 Å².